The van der Waals surface area contributed by atoms with Gasteiger partial charge in [-0.05, 0) is 43.0 Å². The number of piperidine rings is 1. The molecule has 2 aliphatic rings. The average molecular weight is 410 g/mol. The minimum atomic E-state index is -0.326. The lowest BCUT2D eigenvalue weighted by atomic mass is 9.99. The highest BCUT2D eigenvalue weighted by atomic mass is 19.1. The molecule has 2 saturated heterocycles. The summed E-state index contributed by atoms with van der Waals surface area (Å²) in [4.78, 5) is 18.7. The second kappa shape index (κ2) is 9.24. The minimum absolute atomic E-state index is 0.0985. The van der Waals surface area contributed by atoms with Crippen LogP contribution in [0.2, 0.25) is 0 Å². The van der Waals surface area contributed by atoms with Crippen LogP contribution in [0, 0.1) is 11.7 Å². The molecule has 3 heterocycles. The van der Waals surface area contributed by atoms with Crippen LogP contribution in [0.5, 0.6) is 0 Å². The van der Waals surface area contributed by atoms with Crippen molar-refractivity contribution in [3.8, 4) is 0 Å². The molecule has 158 valence electrons. The van der Waals surface area contributed by atoms with Crippen LogP contribution in [0.25, 0.3) is 6.08 Å². The Morgan fingerprint density at radius 2 is 1.53 bits per heavy atom. The monoisotopic (exact) mass is 409 g/mol. The standard InChI is InChI=1S/C23H28FN5O/c1-18-10-12-27(13-11-18)21-7-8-22(26-25-21)28-14-16-29(17-15-28)23(30)9-6-19-4-2-3-5-20(19)24/h2-9,18H,10-17H2,1H3/b9-6+. The van der Waals surface area contributed by atoms with Gasteiger partial charge in [-0.25, -0.2) is 4.39 Å². The van der Waals surface area contributed by atoms with Crippen molar-refractivity contribution < 1.29 is 9.18 Å². The predicted molar refractivity (Wildman–Crippen MR) is 117 cm³/mol. The fourth-order valence-corrected chi connectivity index (χ4v) is 3.93. The van der Waals surface area contributed by atoms with E-state index in [4.69, 9.17) is 0 Å². The van der Waals surface area contributed by atoms with E-state index in [0.29, 0.717) is 31.7 Å². The molecule has 0 aliphatic carbocycles. The van der Waals surface area contributed by atoms with Crippen molar-refractivity contribution in [2.45, 2.75) is 19.8 Å². The fraction of sp³-hybridized carbons (Fsp3) is 0.435. The van der Waals surface area contributed by atoms with E-state index in [-0.39, 0.29) is 11.7 Å². The van der Waals surface area contributed by atoms with Crippen molar-refractivity contribution in [1.29, 1.82) is 0 Å². The molecule has 0 atom stereocenters. The molecule has 0 spiro atoms. The molecule has 4 rings (SSSR count). The number of rotatable bonds is 4. The van der Waals surface area contributed by atoms with Crippen LogP contribution in [0.4, 0.5) is 16.0 Å². The number of amides is 1. The van der Waals surface area contributed by atoms with Gasteiger partial charge in [-0.15, -0.1) is 10.2 Å². The van der Waals surface area contributed by atoms with E-state index in [1.165, 1.54) is 31.1 Å². The van der Waals surface area contributed by atoms with Crippen LogP contribution in [0.1, 0.15) is 25.3 Å². The lowest BCUT2D eigenvalue weighted by molar-refractivity contribution is -0.126. The highest BCUT2D eigenvalue weighted by molar-refractivity contribution is 5.92. The van der Waals surface area contributed by atoms with Gasteiger partial charge in [0.05, 0.1) is 0 Å². The van der Waals surface area contributed by atoms with Crippen molar-refractivity contribution in [3.05, 3.63) is 53.9 Å². The first kappa shape index (κ1) is 20.3. The molecule has 2 aliphatic heterocycles. The molecule has 1 aromatic carbocycles. The number of hydrogen-bond acceptors (Lipinski definition) is 5. The highest BCUT2D eigenvalue weighted by Gasteiger charge is 2.22. The summed E-state index contributed by atoms with van der Waals surface area (Å²) in [6.07, 6.45) is 5.38. The molecule has 0 N–H and O–H groups in total. The summed E-state index contributed by atoms with van der Waals surface area (Å²) in [6, 6.07) is 10.5. The normalized spacial score (nSPS) is 18.3. The molecule has 0 unspecified atom stereocenters. The number of nitrogens with zero attached hydrogens (tertiary/aromatic N) is 5. The van der Waals surface area contributed by atoms with Crippen molar-refractivity contribution >= 4 is 23.6 Å². The number of benzene rings is 1. The van der Waals surface area contributed by atoms with E-state index >= 15 is 0 Å². The van der Waals surface area contributed by atoms with Gasteiger partial charge in [-0.2, -0.15) is 0 Å². The Balaban J connectivity index is 1.30. The number of hydrogen-bond donors (Lipinski definition) is 0. The number of halogens is 1. The molecule has 2 fully saturated rings. The lowest BCUT2D eigenvalue weighted by Crippen LogP contribution is -2.48. The molecule has 6 nitrogen and oxygen atoms in total. The summed E-state index contributed by atoms with van der Waals surface area (Å²) in [5.41, 5.74) is 0.419. The number of piperazine rings is 1. The maximum absolute atomic E-state index is 13.7. The summed E-state index contributed by atoms with van der Waals surface area (Å²) in [5.74, 6) is 2.15. The molecule has 7 heteroatoms. The Bertz CT molecular complexity index is 885. The molecule has 0 radical (unpaired) electrons. The van der Waals surface area contributed by atoms with E-state index < -0.39 is 0 Å². The van der Waals surface area contributed by atoms with Crippen molar-refractivity contribution in [2.75, 3.05) is 49.1 Å². The zero-order valence-corrected chi connectivity index (χ0v) is 17.4. The largest absolute Gasteiger partial charge is 0.355 e. The SMILES string of the molecule is CC1CCN(c2ccc(N3CCN(C(=O)/C=C/c4ccccc4F)CC3)nn2)CC1. The van der Waals surface area contributed by atoms with Gasteiger partial charge in [0.15, 0.2) is 11.6 Å². The highest BCUT2D eigenvalue weighted by Crippen LogP contribution is 2.22. The van der Waals surface area contributed by atoms with Crippen molar-refractivity contribution in [1.82, 2.24) is 15.1 Å². The molecule has 30 heavy (non-hydrogen) atoms. The van der Waals surface area contributed by atoms with E-state index in [2.05, 4.69) is 26.9 Å². The zero-order valence-electron chi connectivity index (χ0n) is 17.4. The topological polar surface area (TPSA) is 52.6 Å². The molecule has 1 amide bonds. The van der Waals surface area contributed by atoms with Gasteiger partial charge in [0.1, 0.15) is 5.82 Å². The molecule has 2 aromatic rings. The fourth-order valence-electron chi connectivity index (χ4n) is 3.93. The van der Waals surface area contributed by atoms with Crippen LogP contribution in [0.3, 0.4) is 0 Å². The second-order valence-corrected chi connectivity index (χ2v) is 8.09. The zero-order chi connectivity index (χ0) is 20.9. The Morgan fingerprint density at radius 3 is 2.13 bits per heavy atom. The van der Waals surface area contributed by atoms with Gasteiger partial charge in [0, 0.05) is 50.9 Å². The van der Waals surface area contributed by atoms with Crippen LogP contribution < -0.4 is 9.80 Å². The predicted octanol–water partition coefficient (Wildman–Crippen LogP) is 3.21. The molecule has 0 saturated carbocycles. The third-order valence-corrected chi connectivity index (χ3v) is 5.97. The first-order valence-corrected chi connectivity index (χ1v) is 10.7. The van der Waals surface area contributed by atoms with E-state index in [9.17, 15) is 9.18 Å². The van der Waals surface area contributed by atoms with Crippen LogP contribution in [0.15, 0.2) is 42.5 Å². The van der Waals surface area contributed by atoms with Gasteiger partial charge < -0.3 is 14.7 Å². The van der Waals surface area contributed by atoms with Gasteiger partial charge in [-0.3, -0.25) is 4.79 Å². The summed E-state index contributed by atoms with van der Waals surface area (Å²) in [5, 5.41) is 8.86. The first-order valence-electron chi connectivity index (χ1n) is 10.7. The Kier molecular flexibility index (Phi) is 6.26. The Morgan fingerprint density at radius 1 is 0.933 bits per heavy atom. The summed E-state index contributed by atoms with van der Waals surface area (Å²) < 4.78 is 13.7. The lowest BCUT2D eigenvalue weighted by Gasteiger charge is -2.35. The van der Waals surface area contributed by atoms with E-state index in [0.717, 1.165) is 30.6 Å². The molecule has 0 bridgehead atoms. The summed E-state index contributed by atoms with van der Waals surface area (Å²) in [6.45, 7) is 6.99. The van der Waals surface area contributed by atoms with Gasteiger partial charge in [0.25, 0.3) is 0 Å². The summed E-state index contributed by atoms with van der Waals surface area (Å²) in [7, 11) is 0. The van der Waals surface area contributed by atoms with Crippen molar-refractivity contribution in [2.24, 2.45) is 5.92 Å². The van der Waals surface area contributed by atoms with Gasteiger partial charge in [0.2, 0.25) is 5.91 Å². The Hall–Kier alpha value is -2.96. The van der Waals surface area contributed by atoms with Gasteiger partial charge >= 0.3 is 0 Å². The number of anilines is 2. The number of carbonyl (C=O) groups excluding carboxylic acids is 1. The van der Waals surface area contributed by atoms with Crippen LogP contribution in [-0.2, 0) is 4.79 Å². The van der Waals surface area contributed by atoms with Crippen LogP contribution >= 0.6 is 0 Å². The number of carbonyl (C=O) groups is 1. The first-order chi connectivity index (χ1) is 14.6. The quantitative estimate of drug-likeness (QED) is 0.726. The number of aromatic nitrogens is 2. The molecular formula is C23H28FN5O. The second-order valence-electron chi connectivity index (χ2n) is 8.09. The third kappa shape index (κ3) is 4.78. The minimum Gasteiger partial charge on any atom is -0.355 e. The van der Waals surface area contributed by atoms with E-state index in [1.807, 2.05) is 12.1 Å². The maximum Gasteiger partial charge on any atom is 0.246 e. The Labute approximate surface area is 177 Å². The average Bonchev–Trinajstić information content (AvgIpc) is 2.79. The third-order valence-electron chi connectivity index (χ3n) is 5.97. The molecular weight excluding hydrogens is 381 g/mol. The maximum atomic E-state index is 13.7. The van der Waals surface area contributed by atoms with E-state index in [1.54, 1.807) is 23.1 Å². The molecule has 1 aromatic heterocycles. The van der Waals surface area contributed by atoms with Crippen LogP contribution in [-0.4, -0.2) is 60.3 Å². The smallest absolute Gasteiger partial charge is 0.246 e. The summed E-state index contributed by atoms with van der Waals surface area (Å²) >= 11 is 0. The van der Waals surface area contributed by atoms with Gasteiger partial charge in [-0.1, -0.05) is 25.1 Å². The van der Waals surface area contributed by atoms with Crippen molar-refractivity contribution in [3.63, 3.8) is 0 Å².